The Morgan fingerprint density at radius 3 is 2.50 bits per heavy atom. The number of carbonyl (C=O) groups excluding carboxylic acids is 1. The van der Waals surface area contributed by atoms with Crippen LogP contribution in [0.1, 0.15) is 5.56 Å². The van der Waals surface area contributed by atoms with Crippen molar-refractivity contribution in [3.05, 3.63) is 54.1 Å². The molecule has 0 saturated carbocycles. The van der Waals surface area contributed by atoms with E-state index in [1.807, 2.05) is 54.8 Å². The third-order valence-electron chi connectivity index (χ3n) is 2.92. The molecule has 4 heteroatoms. The lowest BCUT2D eigenvalue weighted by Crippen LogP contribution is -2.14. The predicted octanol–water partition coefficient (Wildman–Crippen LogP) is 3.60. The second-order valence-electron chi connectivity index (χ2n) is 4.27. The van der Waals surface area contributed by atoms with Crippen molar-refractivity contribution in [2.75, 3.05) is 18.7 Å². The molecule has 2 aromatic rings. The molecule has 0 heterocycles. The van der Waals surface area contributed by atoms with Crippen LogP contribution in [-0.4, -0.2) is 19.3 Å². The molecule has 0 aromatic heterocycles. The van der Waals surface area contributed by atoms with Crippen molar-refractivity contribution >= 4 is 23.4 Å². The number of methoxy groups -OCH3 is 1. The largest absolute Gasteiger partial charge is 0.496 e. The van der Waals surface area contributed by atoms with Crippen molar-refractivity contribution in [2.45, 2.75) is 11.3 Å². The summed E-state index contributed by atoms with van der Waals surface area (Å²) in [5, 5.41) is 2.89. The number of hydrogen-bond acceptors (Lipinski definition) is 3. The maximum absolute atomic E-state index is 12.0. The average molecular weight is 287 g/mol. The van der Waals surface area contributed by atoms with Gasteiger partial charge in [-0.15, -0.1) is 11.8 Å². The zero-order valence-electron chi connectivity index (χ0n) is 11.6. The molecule has 104 valence electrons. The van der Waals surface area contributed by atoms with E-state index in [0.29, 0.717) is 6.42 Å². The molecule has 1 N–H and O–H groups in total. The Kier molecular flexibility index (Phi) is 5.07. The van der Waals surface area contributed by atoms with Gasteiger partial charge in [0.2, 0.25) is 5.91 Å². The number of amides is 1. The van der Waals surface area contributed by atoms with E-state index in [1.165, 1.54) is 4.90 Å². The standard InChI is InChI=1S/C16H17NO2S/c1-19-15-6-4-3-5-12(15)11-16(18)17-13-7-9-14(20-2)10-8-13/h3-10H,11H2,1-2H3,(H,17,18). The first-order valence-electron chi connectivity index (χ1n) is 6.28. The van der Waals surface area contributed by atoms with Crippen molar-refractivity contribution in [2.24, 2.45) is 0 Å². The molecular formula is C16H17NO2S. The minimum Gasteiger partial charge on any atom is -0.496 e. The number of anilines is 1. The van der Waals surface area contributed by atoms with Gasteiger partial charge in [-0.1, -0.05) is 18.2 Å². The first kappa shape index (κ1) is 14.5. The van der Waals surface area contributed by atoms with Crippen LogP contribution in [0.15, 0.2) is 53.4 Å². The van der Waals surface area contributed by atoms with Crippen LogP contribution in [0.4, 0.5) is 5.69 Å². The molecule has 0 bridgehead atoms. The van der Waals surface area contributed by atoms with Gasteiger partial charge in [-0.3, -0.25) is 4.79 Å². The van der Waals surface area contributed by atoms with Crippen molar-refractivity contribution < 1.29 is 9.53 Å². The van der Waals surface area contributed by atoms with Crippen LogP contribution in [-0.2, 0) is 11.2 Å². The maximum atomic E-state index is 12.0. The number of thioether (sulfide) groups is 1. The van der Waals surface area contributed by atoms with E-state index < -0.39 is 0 Å². The number of rotatable bonds is 5. The summed E-state index contributed by atoms with van der Waals surface area (Å²) in [6, 6.07) is 15.3. The number of nitrogens with one attached hydrogen (secondary N) is 1. The summed E-state index contributed by atoms with van der Waals surface area (Å²) in [5.41, 5.74) is 1.69. The van der Waals surface area contributed by atoms with Crippen LogP contribution in [0.25, 0.3) is 0 Å². The quantitative estimate of drug-likeness (QED) is 0.854. The molecule has 0 aliphatic rings. The van der Waals surface area contributed by atoms with E-state index in [4.69, 9.17) is 4.74 Å². The molecule has 0 radical (unpaired) electrons. The molecule has 0 aliphatic heterocycles. The number of benzene rings is 2. The molecule has 0 unspecified atom stereocenters. The van der Waals surface area contributed by atoms with Gasteiger partial charge in [-0.2, -0.15) is 0 Å². The highest BCUT2D eigenvalue weighted by Crippen LogP contribution is 2.20. The van der Waals surface area contributed by atoms with Crippen LogP contribution in [0.5, 0.6) is 5.75 Å². The van der Waals surface area contributed by atoms with Gasteiger partial charge < -0.3 is 10.1 Å². The van der Waals surface area contributed by atoms with Crippen molar-refractivity contribution in [3.8, 4) is 5.75 Å². The number of para-hydroxylation sites is 1. The molecule has 20 heavy (non-hydrogen) atoms. The van der Waals surface area contributed by atoms with Crippen LogP contribution in [0.3, 0.4) is 0 Å². The molecule has 0 fully saturated rings. The van der Waals surface area contributed by atoms with Crippen molar-refractivity contribution in [3.63, 3.8) is 0 Å². The highest BCUT2D eigenvalue weighted by molar-refractivity contribution is 7.98. The SMILES string of the molecule is COc1ccccc1CC(=O)Nc1ccc(SC)cc1. The normalized spacial score (nSPS) is 10.1. The second kappa shape index (κ2) is 7.01. The molecular weight excluding hydrogens is 270 g/mol. The van der Waals surface area contributed by atoms with Gasteiger partial charge in [0.1, 0.15) is 5.75 Å². The molecule has 0 spiro atoms. The van der Waals surface area contributed by atoms with Gasteiger partial charge in [-0.05, 0) is 36.6 Å². The third-order valence-corrected chi connectivity index (χ3v) is 3.66. The Bertz CT molecular complexity index is 581. The van der Waals surface area contributed by atoms with E-state index in [-0.39, 0.29) is 5.91 Å². The fourth-order valence-electron chi connectivity index (χ4n) is 1.90. The Labute approximate surface area is 123 Å². The predicted molar refractivity (Wildman–Crippen MR) is 83.6 cm³/mol. The monoisotopic (exact) mass is 287 g/mol. The van der Waals surface area contributed by atoms with Crippen LogP contribution >= 0.6 is 11.8 Å². The van der Waals surface area contributed by atoms with Crippen molar-refractivity contribution in [1.82, 2.24) is 0 Å². The highest BCUT2D eigenvalue weighted by atomic mass is 32.2. The van der Waals surface area contributed by atoms with Crippen LogP contribution < -0.4 is 10.1 Å². The molecule has 0 aliphatic carbocycles. The lowest BCUT2D eigenvalue weighted by atomic mass is 10.1. The minimum absolute atomic E-state index is 0.0496. The van der Waals surface area contributed by atoms with Gasteiger partial charge in [-0.25, -0.2) is 0 Å². The number of hydrogen-bond donors (Lipinski definition) is 1. The maximum Gasteiger partial charge on any atom is 0.228 e. The summed E-state index contributed by atoms with van der Waals surface area (Å²) in [6.07, 6.45) is 2.32. The van der Waals surface area contributed by atoms with E-state index >= 15 is 0 Å². The first-order chi connectivity index (χ1) is 9.72. The number of ether oxygens (including phenoxy) is 1. The molecule has 1 amide bonds. The molecule has 0 saturated heterocycles. The Balaban J connectivity index is 2.01. The van der Waals surface area contributed by atoms with E-state index in [2.05, 4.69) is 5.32 Å². The lowest BCUT2D eigenvalue weighted by Gasteiger charge is -2.09. The number of carbonyl (C=O) groups is 1. The smallest absolute Gasteiger partial charge is 0.228 e. The topological polar surface area (TPSA) is 38.3 Å². The van der Waals surface area contributed by atoms with E-state index in [9.17, 15) is 4.79 Å². The first-order valence-corrected chi connectivity index (χ1v) is 7.51. The molecule has 3 nitrogen and oxygen atoms in total. The van der Waals surface area contributed by atoms with Crippen LogP contribution in [0, 0.1) is 0 Å². The summed E-state index contributed by atoms with van der Waals surface area (Å²) in [6.45, 7) is 0. The fraction of sp³-hybridized carbons (Fsp3) is 0.188. The summed E-state index contributed by atoms with van der Waals surface area (Å²) in [7, 11) is 1.61. The molecule has 2 rings (SSSR count). The Morgan fingerprint density at radius 2 is 1.85 bits per heavy atom. The highest BCUT2D eigenvalue weighted by Gasteiger charge is 2.08. The van der Waals surface area contributed by atoms with Gasteiger partial charge in [0.05, 0.1) is 13.5 Å². The van der Waals surface area contributed by atoms with Gasteiger partial charge in [0, 0.05) is 16.1 Å². The van der Waals surface area contributed by atoms with Crippen LogP contribution in [0.2, 0.25) is 0 Å². The zero-order valence-corrected chi connectivity index (χ0v) is 12.4. The fourth-order valence-corrected chi connectivity index (χ4v) is 2.31. The third kappa shape index (κ3) is 3.78. The van der Waals surface area contributed by atoms with Crippen molar-refractivity contribution in [1.29, 1.82) is 0 Å². The Hall–Kier alpha value is -1.94. The summed E-state index contributed by atoms with van der Waals surface area (Å²) in [5.74, 6) is 0.687. The average Bonchev–Trinajstić information content (AvgIpc) is 2.48. The molecule has 2 aromatic carbocycles. The lowest BCUT2D eigenvalue weighted by molar-refractivity contribution is -0.115. The summed E-state index contributed by atoms with van der Waals surface area (Å²) >= 11 is 1.67. The summed E-state index contributed by atoms with van der Waals surface area (Å²) < 4.78 is 5.24. The zero-order chi connectivity index (χ0) is 14.4. The van der Waals surface area contributed by atoms with Gasteiger partial charge >= 0.3 is 0 Å². The van der Waals surface area contributed by atoms with Gasteiger partial charge in [0.15, 0.2) is 0 Å². The van der Waals surface area contributed by atoms with E-state index in [1.54, 1.807) is 18.9 Å². The second-order valence-corrected chi connectivity index (χ2v) is 5.14. The molecule has 0 atom stereocenters. The Morgan fingerprint density at radius 1 is 1.15 bits per heavy atom. The van der Waals surface area contributed by atoms with E-state index in [0.717, 1.165) is 17.0 Å². The van der Waals surface area contributed by atoms with Gasteiger partial charge in [0.25, 0.3) is 0 Å². The minimum atomic E-state index is -0.0496. The summed E-state index contributed by atoms with van der Waals surface area (Å²) in [4.78, 5) is 13.2.